The molecular weight excluding hydrogens is 230 g/mol. The van der Waals surface area contributed by atoms with Gasteiger partial charge in [-0.1, -0.05) is 11.6 Å². The number of rotatable bonds is 6. The molecule has 0 aliphatic heterocycles. The highest BCUT2D eigenvalue weighted by atomic mass is 35.5. The Balaban J connectivity index is 2.44. The van der Waals surface area contributed by atoms with Gasteiger partial charge in [-0.2, -0.15) is 0 Å². The minimum absolute atomic E-state index is 0.297. The molecule has 0 fully saturated rings. The molecule has 0 saturated heterocycles. The summed E-state index contributed by atoms with van der Waals surface area (Å²) >= 11 is 5.88. The number of aromatic nitrogens is 2. The lowest BCUT2D eigenvalue weighted by Crippen LogP contribution is -2.25. The molecule has 2 N–H and O–H groups in total. The second-order valence-electron chi connectivity index (χ2n) is 3.31. The zero-order valence-corrected chi connectivity index (χ0v) is 10.2. The maximum Gasteiger partial charge on any atom is 0.148 e. The first kappa shape index (κ1) is 13.2. The lowest BCUT2D eigenvalue weighted by atomic mass is 10.3. The summed E-state index contributed by atoms with van der Waals surface area (Å²) in [6, 6.07) is 0. The van der Waals surface area contributed by atoms with Crippen LogP contribution in [0.15, 0.2) is 6.20 Å². The maximum absolute atomic E-state index is 9.53. The number of hydrogen-bond acceptors (Lipinski definition) is 5. The summed E-state index contributed by atoms with van der Waals surface area (Å²) in [5, 5.41) is 12.9. The van der Waals surface area contributed by atoms with Crippen LogP contribution in [-0.2, 0) is 4.74 Å². The van der Waals surface area contributed by atoms with E-state index in [1.807, 2.05) is 6.92 Å². The van der Waals surface area contributed by atoms with Crippen LogP contribution in [0, 0.1) is 6.92 Å². The molecule has 1 aromatic heterocycles. The summed E-state index contributed by atoms with van der Waals surface area (Å²) in [4.78, 5) is 8.06. The van der Waals surface area contributed by atoms with Crippen LogP contribution in [0.4, 0.5) is 5.82 Å². The Labute approximate surface area is 99.8 Å². The van der Waals surface area contributed by atoms with Crippen molar-refractivity contribution < 1.29 is 9.84 Å². The number of aliphatic hydroxyl groups is 1. The molecule has 0 spiro atoms. The minimum atomic E-state index is -0.578. The molecule has 0 radical (unpaired) electrons. The smallest absolute Gasteiger partial charge is 0.148 e. The standard InChI is InChI=1S/C10H16ClN3O2/c1-3-16-6-8(15)4-13-10-9(11)5-12-7(2)14-10/h5,8,15H,3-4,6H2,1-2H3,(H,12,13,14). The van der Waals surface area contributed by atoms with Gasteiger partial charge in [-0.05, 0) is 13.8 Å². The highest BCUT2D eigenvalue weighted by Gasteiger charge is 2.07. The topological polar surface area (TPSA) is 67.3 Å². The van der Waals surface area contributed by atoms with Crippen LogP contribution >= 0.6 is 11.6 Å². The molecule has 1 aromatic rings. The highest BCUT2D eigenvalue weighted by molar-refractivity contribution is 6.32. The van der Waals surface area contributed by atoms with Gasteiger partial charge in [0, 0.05) is 13.2 Å². The Hall–Kier alpha value is -0.910. The zero-order chi connectivity index (χ0) is 12.0. The quantitative estimate of drug-likeness (QED) is 0.790. The van der Waals surface area contributed by atoms with Crippen molar-refractivity contribution in [1.29, 1.82) is 0 Å². The van der Waals surface area contributed by atoms with Gasteiger partial charge in [0.15, 0.2) is 0 Å². The van der Waals surface area contributed by atoms with Crippen LogP contribution in [0.25, 0.3) is 0 Å². The largest absolute Gasteiger partial charge is 0.389 e. The Bertz CT molecular complexity index is 336. The Morgan fingerprint density at radius 3 is 3.06 bits per heavy atom. The predicted octanol–water partition coefficient (Wildman–Crippen LogP) is 1.25. The van der Waals surface area contributed by atoms with Crippen molar-refractivity contribution in [2.75, 3.05) is 25.1 Å². The van der Waals surface area contributed by atoms with Gasteiger partial charge in [0.2, 0.25) is 0 Å². The molecule has 1 unspecified atom stereocenters. The third-order valence-corrected chi connectivity index (χ3v) is 2.16. The first-order valence-corrected chi connectivity index (χ1v) is 5.50. The molecule has 1 heterocycles. The lowest BCUT2D eigenvalue weighted by molar-refractivity contribution is 0.0495. The van der Waals surface area contributed by atoms with E-state index in [0.717, 1.165) is 0 Å². The zero-order valence-electron chi connectivity index (χ0n) is 9.40. The summed E-state index contributed by atoms with van der Waals surface area (Å²) in [6.45, 7) is 4.88. The number of halogens is 1. The van der Waals surface area contributed by atoms with Gasteiger partial charge in [-0.3, -0.25) is 0 Å². The van der Waals surface area contributed by atoms with Crippen molar-refractivity contribution >= 4 is 17.4 Å². The van der Waals surface area contributed by atoms with E-state index in [2.05, 4.69) is 15.3 Å². The molecule has 0 amide bonds. The van der Waals surface area contributed by atoms with Crippen LogP contribution in [0.3, 0.4) is 0 Å². The van der Waals surface area contributed by atoms with Crippen LogP contribution in [0.1, 0.15) is 12.7 Å². The first-order chi connectivity index (χ1) is 7.63. The summed E-state index contributed by atoms with van der Waals surface area (Å²) < 4.78 is 5.08. The van der Waals surface area contributed by atoms with Crippen LogP contribution < -0.4 is 5.32 Å². The van der Waals surface area contributed by atoms with Crippen LogP contribution in [0.2, 0.25) is 5.02 Å². The molecule has 0 bridgehead atoms. The van der Waals surface area contributed by atoms with Crippen LogP contribution in [0.5, 0.6) is 0 Å². The van der Waals surface area contributed by atoms with E-state index in [1.54, 1.807) is 6.92 Å². The Morgan fingerprint density at radius 1 is 1.62 bits per heavy atom. The SMILES string of the molecule is CCOCC(O)CNc1nc(C)ncc1Cl. The number of anilines is 1. The molecule has 1 atom stereocenters. The van der Waals surface area contributed by atoms with E-state index in [4.69, 9.17) is 16.3 Å². The Morgan fingerprint density at radius 2 is 2.38 bits per heavy atom. The monoisotopic (exact) mass is 245 g/mol. The molecule has 5 nitrogen and oxygen atoms in total. The average Bonchev–Trinajstić information content (AvgIpc) is 2.27. The third-order valence-electron chi connectivity index (χ3n) is 1.88. The van der Waals surface area contributed by atoms with E-state index >= 15 is 0 Å². The molecule has 0 aliphatic rings. The lowest BCUT2D eigenvalue weighted by Gasteiger charge is -2.12. The maximum atomic E-state index is 9.53. The molecule has 1 rings (SSSR count). The van der Waals surface area contributed by atoms with Gasteiger partial charge in [0.25, 0.3) is 0 Å². The number of ether oxygens (including phenoxy) is 1. The molecule has 16 heavy (non-hydrogen) atoms. The number of nitrogens with zero attached hydrogens (tertiary/aromatic N) is 2. The van der Waals surface area contributed by atoms with Crippen LogP contribution in [-0.4, -0.2) is 40.9 Å². The fourth-order valence-electron chi connectivity index (χ4n) is 1.11. The number of nitrogens with one attached hydrogen (secondary N) is 1. The summed E-state index contributed by atoms with van der Waals surface area (Å²) in [5.41, 5.74) is 0. The average molecular weight is 246 g/mol. The minimum Gasteiger partial charge on any atom is -0.389 e. The van der Waals surface area contributed by atoms with Crippen molar-refractivity contribution in [3.05, 3.63) is 17.0 Å². The highest BCUT2D eigenvalue weighted by Crippen LogP contribution is 2.17. The van der Waals surface area contributed by atoms with Crippen molar-refractivity contribution in [2.45, 2.75) is 20.0 Å². The molecule has 0 aliphatic carbocycles. The first-order valence-electron chi connectivity index (χ1n) is 5.12. The van der Waals surface area contributed by atoms with Gasteiger partial charge in [0.05, 0.1) is 18.9 Å². The predicted molar refractivity (Wildman–Crippen MR) is 62.8 cm³/mol. The molecule has 0 aromatic carbocycles. The fourth-order valence-corrected chi connectivity index (χ4v) is 1.26. The van der Waals surface area contributed by atoms with Crippen molar-refractivity contribution in [1.82, 2.24) is 9.97 Å². The fraction of sp³-hybridized carbons (Fsp3) is 0.600. The number of hydrogen-bond donors (Lipinski definition) is 2. The molecule has 90 valence electrons. The molecule has 0 saturated carbocycles. The number of aliphatic hydroxyl groups excluding tert-OH is 1. The molecule has 6 heteroatoms. The van der Waals surface area contributed by atoms with E-state index in [0.29, 0.717) is 36.4 Å². The van der Waals surface area contributed by atoms with Gasteiger partial charge in [-0.25, -0.2) is 9.97 Å². The normalized spacial score (nSPS) is 12.5. The van der Waals surface area contributed by atoms with Gasteiger partial charge in [0.1, 0.15) is 16.7 Å². The van der Waals surface area contributed by atoms with Gasteiger partial charge >= 0.3 is 0 Å². The summed E-state index contributed by atoms with van der Waals surface area (Å²) in [7, 11) is 0. The van der Waals surface area contributed by atoms with E-state index in [1.165, 1.54) is 6.20 Å². The van der Waals surface area contributed by atoms with E-state index < -0.39 is 6.10 Å². The van der Waals surface area contributed by atoms with Crippen molar-refractivity contribution in [2.24, 2.45) is 0 Å². The second-order valence-corrected chi connectivity index (χ2v) is 3.72. The summed E-state index contributed by atoms with van der Waals surface area (Å²) in [5.74, 6) is 1.16. The number of aryl methyl sites for hydroxylation is 1. The molecular formula is C10H16ClN3O2. The second kappa shape index (κ2) is 6.62. The van der Waals surface area contributed by atoms with E-state index in [9.17, 15) is 5.11 Å². The third kappa shape index (κ3) is 4.30. The van der Waals surface area contributed by atoms with Crippen molar-refractivity contribution in [3.8, 4) is 0 Å². The van der Waals surface area contributed by atoms with Gasteiger partial charge < -0.3 is 15.2 Å². The van der Waals surface area contributed by atoms with Gasteiger partial charge in [-0.15, -0.1) is 0 Å². The summed E-state index contributed by atoms with van der Waals surface area (Å²) in [6.07, 6.45) is 0.951. The Kier molecular flexibility index (Phi) is 5.45. The van der Waals surface area contributed by atoms with Crippen molar-refractivity contribution in [3.63, 3.8) is 0 Å². The van der Waals surface area contributed by atoms with E-state index in [-0.39, 0.29) is 0 Å².